The van der Waals surface area contributed by atoms with Crippen LogP contribution in [0.15, 0.2) is 36.1 Å². The number of likely N-dealkylation sites (tertiary alicyclic amines) is 1. The van der Waals surface area contributed by atoms with Gasteiger partial charge in [-0.05, 0) is 37.8 Å². The van der Waals surface area contributed by atoms with Gasteiger partial charge in [-0.15, -0.1) is 0 Å². The molecule has 0 unspecified atom stereocenters. The molecule has 106 valence electrons. The van der Waals surface area contributed by atoms with Gasteiger partial charge in [-0.25, -0.2) is 0 Å². The molecule has 0 aromatic carbocycles. The van der Waals surface area contributed by atoms with Crippen LogP contribution in [-0.4, -0.2) is 23.3 Å². The Morgan fingerprint density at radius 2 is 2.00 bits per heavy atom. The molecule has 0 spiro atoms. The first kappa shape index (κ1) is 18.0. The second kappa shape index (κ2) is 10.9. The Balaban J connectivity index is 0.00000154. The van der Waals surface area contributed by atoms with Gasteiger partial charge in [0.1, 0.15) is 6.07 Å². The van der Waals surface area contributed by atoms with E-state index in [2.05, 4.69) is 33.5 Å². The monoisotopic (exact) mass is 324 g/mol. The zero-order valence-electron chi connectivity index (χ0n) is 12.3. The van der Waals surface area contributed by atoms with Crippen molar-refractivity contribution in [3.05, 3.63) is 36.1 Å². The molecule has 1 aliphatic heterocycles. The average molecular weight is 325 g/mol. The predicted octanol–water partition coefficient (Wildman–Crippen LogP) is 4.66. The minimum absolute atomic E-state index is 0.667. The summed E-state index contributed by atoms with van der Waals surface area (Å²) in [5, 5.41) is 10.2. The molecule has 3 heteroatoms. The lowest BCUT2D eigenvalue weighted by atomic mass is 9.98. The van der Waals surface area contributed by atoms with Crippen LogP contribution in [0.25, 0.3) is 0 Å². The molecule has 0 aromatic heterocycles. The second-order valence-corrected chi connectivity index (χ2v) is 4.85. The quantitative estimate of drug-likeness (QED) is 0.427. The summed E-state index contributed by atoms with van der Waals surface area (Å²) in [5.74, 6) is 0.771. The highest BCUT2D eigenvalue weighted by Crippen LogP contribution is 2.24. The molecule has 0 atom stereocenters. The van der Waals surface area contributed by atoms with E-state index in [-0.39, 0.29) is 0 Å². The van der Waals surface area contributed by atoms with E-state index in [0.29, 0.717) is 5.57 Å². The van der Waals surface area contributed by atoms with Crippen LogP contribution in [0.2, 0.25) is 0 Å². The van der Waals surface area contributed by atoms with Crippen LogP contribution in [0.3, 0.4) is 0 Å². The van der Waals surface area contributed by atoms with Crippen molar-refractivity contribution in [3.63, 3.8) is 0 Å². The van der Waals surface area contributed by atoms with Gasteiger partial charge in [0.25, 0.3) is 0 Å². The lowest BCUT2D eigenvalue weighted by Crippen LogP contribution is -2.33. The van der Waals surface area contributed by atoms with E-state index in [0.717, 1.165) is 30.0 Å². The first-order chi connectivity index (χ1) is 9.26. The van der Waals surface area contributed by atoms with Crippen LogP contribution < -0.4 is 0 Å². The fraction of sp³-hybridized carbons (Fsp3) is 0.562. The lowest BCUT2D eigenvalue weighted by molar-refractivity contribution is 0.245. The fourth-order valence-corrected chi connectivity index (χ4v) is 2.71. The summed E-state index contributed by atoms with van der Waals surface area (Å²) in [7, 11) is 0. The van der Waals surface area contributed by atoms with Gasteiger partial charge < -0.3 is 4.90 Å². The van der Waals surface area contributed by atoms with E-state index in [9.17, 15) is 0 Å². The van der Waals surface area contributed by atoms with E-state index >= 15 is 0 Å². The molecule has 0 N–H and O–H groups in total. The van der Waals surface area contributed by atoms with Gasteiger partial charge in [0.2, 0.25) is 0 Å². The largest absolute Gasteiger partial charge is 0.370 e. The van der Waals surface area contributed by atoms with Crippen molar-refractivity contribution in [2.75, 3.05) is 18.4 Å². The topological polar surface area (TPSA) is 27.0 Å². The Morgan fingerprint density at radius 3 is 2.37 bits per heavy atom. The number of hydrogen-bond donors (Lipinski definition) is 0. The highest BCUT2D eigenvalue weighted by atomic mass is 79.9. The van der Waals surface area contributed by atoms with Crippen LogP contribution in [0.5, 0.6) is 0 Å². The molecule has 0 amide bonds. The summed E-state index contributed by atoms with van der Waals surface area (Å²) >= 11 is 3.54. The third-order valence-electron chi connectivity index (χ3n) is 3.10. The van der Waals surface area contributed by atoms with Gasteiger partial charge in [0.05, 0.1) is 11.3 Å². The van der Waals surface area contributed by atoms with Crippen molar-refractivity contribution in [1.29, 1.82) is 5.26 Å². The third kappa shape index (κ3) is 5.65. The molecule has 1 fully saturated rings. The first-order valence-corrected chi connectivity index (χ1v) is 8.09. The lowest BCUT2D eigenvalue weighted by Gasteiger charge is -2.34. The number of rotatable bonds is 4. The normalized spacial score (nSPS) is 17.3. The Morgan fingerprint density at radius 1 is 1.42 bits per heavy atom. The molecular weight excluding hydrogens is 300 g/mol. The van der Waals surface area contributed by atoms with E-state index in [1.807, 2.05) is 32.9 Å². The first-order valence-electron chi connectivity index (χ1n) is 6.97. The van der Waals surface area contributed by atoms with Gasteiger partial charge >= 0.3 is 0 Å². The summed E-state index contributed by atoms with van der Waals surface area (Å²) < 4.78 is 0. The van der Waals surface area contributed by atoms with Crippen LogP contribution in [0.1, 0.15) is 33.6 Å². The number of nitrogens with zero attached hydrogens (tertiary/aromatic N) is 2. The van der Waals surface area contributed by atoms with E-state index in [4.69, 9.17) is 5.26 Å². The summed E-state index contributed by atoms with van der Waals surface area (Å²) in [6, 6.07) is 2.22. The molecule has 0 bridgehead atoms. The predicted molar refractivity (Wildman–Crippen MR) is 87.1 cm³/mol. The van der Waals surface area contributed by atoms with Gasteiger partial charge in [0, 0.05) is 18.4 Å². The maximum absolute atomic E-state index is 9.10. The molecule has 0 aliphatic carbocycles. The van der Waals surface area contributed by atoms with Crippen molar-refractivity contribution < 1.29 is 0 Å². The minimum Gasteiger partial charge on any atom is -0.370 e. The van der Waals surface area contributed by atoms with E-state index in [1.54, 1.807) is 6.08 Å². The molecule has 1 heterocycles. The molecule has 1 aliphatic rings. The van der Waals surface area contributed by atoms with Crippen molar-refractivity contribution >= 4 is 15.9 Å². The SMILES string of the molecule is C=C/C(C#N)=C(\C=C/C)N1CCC(CBr)CC1.CC. The smallest absolute Gasteiger partial charge is 0.101 e. The molecule has 0 saturated carbocycles. The standard InChI is InChI=1S/C14H19BrN2.C2H6/c1-3-5-14(13(4-2)11-16)17-8-6-12(10-15)7-9-17;1-2/h3-5,12H,2,6-10H2,1H3;1-2H3/b5-3-,14-13-;. The van der Waals surface area contributed by atoms with Crippen molar-refractivity contribution in [2.45, 2.75) is 33.6 Å². The summed E-state index contributed by atoms with van der Waals surface area (Å²) in [6.45, 7) is 11.7. The Hall–Kier alpha value is -1.01. The molecule has 1 rings (SSSR count). The Kier molecular flexibility index (Phi) is 10.3. The summed E-state index contributed by atoms with van der Waals surface area (Å²) in [5.41, 5.74) is 1.68. The maximum atomic E-state index is 9.10. The number of hydrogen-bond acceptors (Lipinski definition) is 2. The summed E-state index contributed by atoms with van der Waals surface area (Å²) in [6.07, 6.45) is 8.00. The van der Waals surface area contributed by atoms with E-state index in [1.165, 1.54) is 12.8 Å². The van der Waals surface area contributed by atoms with Gasteiger partial charge in [-0.3, -0.25) is 0 Å². The van der Waals surface area contributed by atoms with E-state index < -0.39 is 0 Å². The van der Waals surface area contributed by atoms with Gasteiger partial charge in [-0.1, -0.05) is 42.4 Å². The zero-order valence-corrected chi connectivity index (χ0v) is 13.9. The second-order valence-electron chi connectivity index (χ2n) is 4.20. The number of nitriles is 1. The van der Waals surface area contributed by atoms with Gasteiger partial charge in [-0.2, -0.15) is 5.26 Å². The maximum Gasteiger partial charge on any atom is 0.101 e. The Bertz CT molecular complexity index is 355. The van der Waals surface area contributed by atoms with Crippen LogP contribution in [0.4, 0.5) is 0 Å². The number of piperidine rings is 1. The Labute approximate surface area is 126 Å². The summed E-state index contributed by atoms with van der Waals surface area (Å²) in [4.78, 5) is 2.29. The molecular formula is C16H25BrN2. The number of halogens is 1. The number of allylic oxidation sites excluding steroid dienone is 4. The van der Waals surface area contributed by atoms with Crippen LogP contribution >= 0.6 is 15.9 Å². The van der Waals surface area contributed by atoms with Crippen LogP contribution in [0, 0.1) is 17.2 Å². The molecule has 19 heavy (non-hydrogen) atoms. The van der Waals surface area contributed by atoms with Crippen molar-refractivity contribution in [1.82, 2.24) is 4.90 Å². The third-order valence-corrected chi connectivity index (χ3v) is 4.01. The number of alkyl halides is 1. The molecule has 2 nitrogen and oxygen atoms in total. The van der Waals surface area contributed by atoms with Crippen LogP contribution in [-0.2, 0) is 0 Å². The van der Waals surface area contributed by atoms with Crippen molar-refractivity contribution in [2.24, 2.45) is 5.92 Å². The minimum atomic E-state index is 0.667. The fourth-order valence-electron chi connectivity index (χ4n) is 2.06. The highest BCUT2D eigenvalue weighted by molar-refractivity contribution is 9.09. The molecule has 1 saturated heterocycles. The highest BCUT2D eigenvalue weighted by Gasteiger charge is 2.20. The zero-order chi connectivity index (χ0) is 14.7. The molecule has 0 radical (unpaired) electrons. The average Bonchev–Trinajstić information content (AvgIpc) is 2.50. The van der Waals surface area contributed by atoms with Crippen molar-refractivity contribution in [3.8, 4) is 6.07 Å². The van der Waals surface area contributed by atoms with Gasteiger partial charge in [0.15, 0.2) is 0 Å². The molecule has 0 aromatic rings.